The van der Waals surface area contributed by atoms with Gasteiger partial charge in [-0.1, -0.05) is 12.1 Å². The third-order valence-corrected chi connectivity index (χ3v) is 3.02. The predicted octanol–water partition coefficient (Wildman–Crippen LogP) is 4.08. The third kappa shape index (κ3) is 2.24. The van der Waals surface area contributed by atoms with Gasteiger partial charge in [-0.25, -0.2) is 13.8 Å². The number of Topliss-reactive ketones (excluding diaryl/α,β-unsaturated/α-hetero) is 1. The van der Waals surface area contributed by atoms with Crippen molar-refractivity contribution in [1.82, 2.24) is 4.98 Å². The monoisotopic (exact) mass is 309 g/mol. The van der Waals surface area contributed by atoms with Gasteiger partial charge in [-0.05, 0) is 24.3 Å². The minimum absolute atomic E-state index is 0.0737. The first-order valence-electron chi connectivity index (χ1n) is 6.13. The molecule has 0 aliphatic heterocycles. The Morgan fingerprint density at radius 1 is 1.09 bits per heavy atom. The largest absolute Gasteiger partial charge is 0.435 e. The third-order valence-electron chi connectivity index (χ3n) is 3.02. The molecule has 0 amide bonds. The van der Waals surface area contributed by atoms with E-state index in [1.54, 1.807) is 12.1 Å². The van der Waals surface area contributed by atoms with Crippen molar-refractivity contribution >= 4 is 16.9 Å². The van der Waals surface area contributed by atoms with Crippen molar-refractivity contribution in [3.8, 4) is 0 Å². The van der Waals surface area contributed by atoms with Crippen LogP contribution in [0.5, 0.6) is 0 Å². The molecule has 0 fully saturated rings. The highest BCUT2D eigenvalue weighted by Gasteiger charge is 2.47. The Bertz CT molecular complexity index is 840. The first-order chi connectivity index (χ1) is 10.4. The molecule has 0 aliphatic rings. The number of carbonyl (C=O) groups is 1. The summed E-state index contributed by atoms with van der Waals surface area (Å²) in [6.07, 6.45) is 0. The van der Waals surface area contributed by atoms with Gasteiger partial charge in [-0.2, -0.15) is 8.78 Å². The van der Waals surface area contributed by atoms with Gasteiger partial charge in [-0.3, -0.25) is 4.79 Å². The molecule has 1 heterocycles. The summed E-state index contributed by atoms with van der Waals surface area (Å²) in [7, 11) is 0. The van der Waals surface area contributed by atoms with E-state index in [0.29, 0.717) is 12.1 Å². The zero-order valence-electron chi connectivity index (χ0n) is 10.8. The summed E-state index contributed by atoms with van der Waals surface area (Å²) in [5.74, 6) is -9.50. The van der Waals surface area contributed by atoms with Crippen LogP contribution >= 0.6 is 0 Å². The number of halogens is 4. The van der Waals surface area contributed by atoms with Gasteiger partial charge >= 0.3 is 5.92 Å². The van der Waals surface area contributed by atoms with Gasteiger partial charge in [-0.15, -0.1) is 0 Å². The molecular formula is C15H7F4NO2. The van der Waals surface area contributed by atoms with Crippen molar-refractivity contribution in [3.05, 3.63) is 65.6 Å². The zero-order valence-corrected chi connectivity index (χ0v) is 10.8. The summed E-state index contributed by atoms with van der Waals surface area (Å²) in [6, 6.07) is 7.69. The van der Waals surface area contributed by atoms with Gasteiger partial charge in [0.1, 0.15) is 17.2 Å². The molecule has 0 spiro atoms. The van der Waals surface area contributed by atoms with E-state index in [1.165, 1.54) is 12.1 Å². The highest BCUT2D eigenvalue weighted by atomic mass is 19.3. The molecule has 1 aromatic heterocycles. The Labute approximate surface area is 121 Å². The maximum absolute atomic E-state index is 14.2. The van der Waals surface area contributed by atoms with E-state index in [1.807, 2.05) is 0 Å². The van der Waals surface area contributed by atoms with E-state index in [0.717, 1.165) is 6.07 Å². The summed E-state index contributed by atoms with van der Waals surface area (Å²) in [4.78, 5) is 15.4. The van der Waals surface area contributed by atoms with Gasteiger partial charge in [0, 0.05) is 6.07 Å². The van der Waals surface area contributed by atoms with Crippen molar-refractivity contribution in [2.45, 2.75) is 5.92 Å². The molecule has 2 aromatic carbocycles. The van der Waals surface area contributed by atoms with Crippen LogP contribution in [0.25, 0.3) is 11.1 Å². The summed E-state index contributed by atoms with van der Waals surface area (Å²) in [6.45, 7) is 0. The normalized spacial score (nSPS) is 11.8. The lowest BCUT2D eigenvalue weighted by Gasteiger charge is -2.11. The van der Waals surface area contributed by atoms with Crippen molar-refractivity contribution in [3.63, 3.8) is 0 Å². The van der Waals surface area contributed by atoms with Gasteiger partial charge in [0.05, 0.1) is 5.56 Å². The first-order valence-corrected chi connectivity index (χ1v) is 6.13. The Morgan fingerprint density at radius 3 is 2.50 bits per heavy atom. The number of nitrogens with zero attached hydrogens (tertiary/aromatic N) is 1. The highest BCUT2D eigenvalue weighted by Crippen LogP contribution is 2.34. The number of benzene rings is 2. The second-order valence-corrected chi connectivity index (χ2v) is 4.51. The molecule has 0 unspecified atom stereocenters. The molecule has 0 N–H and O–H groups in total. The minimum Gasteiger partial charge on any atom is -0.435 e. The average Bonchev–Trinajstić information content (AvgIpc) is 2.91. The molecule has 3 nitrogen and oxygen atoms in total. The molecule has 0 radical (unpaired) electrons. The number of para-hydroxylation sites is 2. The zero-order chi connectivity index (χ0) is 15.9. The molecule has 0 saturated heterocycles. The molecule has 3 aromatic rings. The number of rotatable bonds is 3. The van der Waals surface area contributed by atoms with E-state index in [2.05, 4.69) is 4.98 Å². The van der Waals surface area contributed by atoms with Crippen LogP contribution in [-0.4, -0.2) is 10.8 Å². The standard InChI is InChI=1S/C15H7F4NO2/c16-8-5-6-9(10(17)7-8)13(21)15(18,19)14-20-11-3-1-2-4-12(11)22-14/h1-7H. The molecule has 112 valence electrons. The molecule has 0 saturated carbocycles. The van der Waals surface area contributed by atoms with Crippen molar-refractivity contribution in [2.75, 3.05) is 0 Å². The van der Waals surface area contributed by atoms with Crippen molar-refractivity contribution in [2.24, 2.45) is 0 Å². The lowest BCUT2D eigenvalue weighted by molar-refractivity contribution is -0.00960. The van der Waals surface area contributed by atoms with Crippen molar-refractivity contribution in [1.29, 1.82) is 0 Å². The minimum atomic E-state index is -4.17. The summed E-state index contributed by atoms with van der Waals surface area (Å²) < 4.78 is 59.5. The van der Waals surface area contributed by atoms with Crippen molar-refractivity contribution < 1.29 is 26.8 Å². The summed E-state index contributed by atoms with van der Waals surface area (Å²) in [5.41, 5.74) is -0.720. The van der Waals surface area contributed by atoms with Gasteiger partial charge in [0.2, 0.25) is 5.78 Å². The predicted molar refractivity (Wildman–Crippen MR) is 68.6 cm³/mol. The molecule has 3 rings (SSSR count). The van der Waals surface area contributed by atoms with Gasteiger partial charge < -0.3 is 4.42 Å². The number of ketones is 1. The van der Waals surface area contributed by atoms with Crippen LogP contribution in [-0.2, 0) is 5.92 Å². The summed E-state index contributed by atoms with van der Waals surface area (Å²) in [5, 5.41) is 0. The second-order valence-electron chi connectivity index (χ2n) is 4.51. The maximum atomic E-state index is 14.2. The first kappa shape index (κ1) is 14.2. The summed E-state index contributed by atoms with van der Waals surface area (Å²) >= 11 is 0. The van der Waals surface area contributed by atoms with E-state index < -0.39 is 34.8 Å². The fourth-order valence-electron chi connectivity index (χ4n) is 1.95. The lowest BCUT2D eigenvalue weighted by atomic mass is 10.0. The Morgan fingerprint density at radius 2 is 1.82 bits per heavy atom. The van der Waals surface area contributed by atoms with Gasteiger partial charge in [0.25, 0.3) is 5.89 Å². The smallest absolute Gasteiger partial charge is 0.383 e. The van der Waals surface area contributed by atoms with E-state index in [-0.39, 0.29) is 11.1 Å². The molecule has 0 aliphatic carbocycles. The fourth-order valence-corrected chi connectivity index (χ4v) is 1.95. The Hall–Kier alpha value is -2.70. The number of hydrogen-bond donors (Lipinski definition) is 0. The van der Waals surface area contributed by atoms with Crippen LogP contribution in [0, 0.1) is 11.6 Å². The van der Waals surface area contributed by atoms with Crippen LogP contribution in [0.4, 0.5) is 17.6 Å². The number of aromatic nitrogens is 1. The van der Waals surface area contributed by atoms with Crippen LogP contribution in [0.1, 0.15) is 16.2 Å². The number of fused-ring (bicyclic) bond motifs is 1. The highest BCUT2D eigenvalue weighted by molar-refractivity contribution is 6.01. The molecular weight excluding hydrogens is 302 g/mol. The Kier molecular flexibility index (Phi) is 3.20. The van der Waals surface area contributed by atoms with E-state index in [9.17, 15) is 22.4 Å². The number of carbonyl (C=O) groups excluding carboxylic acids is 1. The van der Waals surface area contributed by atoms with Crippen LogP contribution in [0.3, 0.4) is 0 Å². The number of hydrogen-bond acceptors (Lipinski definition) is 3. The SMILES string of the molecule is O=C(c1ccc(F)cc1F)C(F)(F)c1nc2ccccc2o1. The molecule has 0 bridgehead atoms. The van der Waals surface area contributed by atoms with Crippen LogP contribution in [0.2, 0.25) is 0 Å². The molecule has 0 atom stereocenters. The van der Waals surface area contributed by atoms with Crippen LogP contribution in [0.15, 0.2) is 46.9 Å². The quantitative estimate of drug-likeness (QED) is 0.541. The lowest BCUT2D eigenvalue weighted by Crippen LogP contribution is -2.27. The molecule has 22 heavy (non-hydrogen) atoms. The van der Waals surface area contributed by atoms with E-state index in [4.69, 9.17) is 4.42 Å². The maximum Gasteiger partial charge on any atom is 0.383 e. The van der Waals surface area contributed by atoms with E-state index >= 15 is 0 Å². The number of oxazole rings is 1. The average molecular weight is 309 g/mol. The molecule has 7 heteroatoms. The topological polar surface area (TPSA) is 43.1 Å². The second kappa shape index (κ2) is 4.94. The number of alkyl halides is 2. The fraction of sp³-hybridized carbons (Fsp3) is 0.0667. The Balaban J connectivity index is 2.06. The van der Waals surface area contributed by atoms with Crippen LogP contribution < -0.4 is 0 Å². The van der Waals surface area contributed by atoms with Gasteiger partial charge in [0.15, 0.2) is 5.58 Å².